The summed E-state index contributed by atoms with van der Waals surface area (Å²) in [7, 11) is 0. The molecule has 3 rings (SSSR count). The Kier molecular flexibility index (Phi) is 5.23. The van der Waals surface area contributed by atoms with Crippen molar-refractivity contribution < 1.29 is 4.79 Å². The molecule has 0 unspecified atom stereocenters. The number of nitrogens with zero attached hydrogens (tertiary/aromatic N) is 3. The number of hydrogen-bond acceptors (Lipinski definition) is 5. The smallest absolute Gasteiger partial charge is 0.179 e. The maximum Gasteiger partial charge on any atom is 0.179 e. The van der Waals surface area contributed by atoms with Crippen LogP contribution in [0.3, 0.4) is 0 Å². The average molecular weight is 356 g/mol. The van der Waals surface area contributed by atoms with Crippen molar-refractivity contribution >= 4 is 29.6 Å². The number of rotatable bonds is 5. The SMILES string of the molecule is Cc1nc(-c2ccccn2)nc(Sc2ccccc2CC=O)c1Cl. The van der Waals surface area contributed by atoms with Crippen LogP contribution in [0.25, 0.3) is 11.5 Å². The molecule has 0 aliphatic heterocycles. The lowest BCUT2D eigenvalue weighted by Crippen LogP contribution is -1.98. The molecule has 0 fully saturated rings. The lowest BCUT2D eigenvalue weighted by molar-refractivity contribution is -0.107. The van der Waals surface area contributed by atoms with Crippen LogP contribution in [0.2, 0.25) is 5.02 Å². The summed E-state index contributed by atoms with van der Waals surface area (Å²) in [6.07, 6.45) is 2.96. The van der Waals surface area contributed by atoms with Crippen molar-refractivity contribution in [2.45, 2.75) is 23.3 Å². The second-order valence-electron chi connectivity index (χ2n) is 5.05. The molecule has 1 aromatic carbocycles. The maximum atomic E-state index is 10.9. The topological polar surface area (TPSA) is 55.7 Å². The Morgan fingerprint density at radius 3 is 2.67 bits per heavy atom. The molecule has 0 saturated heterocycles. The molecule has 0 amide bonds. The summed E-state index contributed by atoms with van der Waals surface area (Å²) in [5.74, 6) is 0.535. The van der Waals surface area contributed by atoms with Gasteiger partial charge in [-0.05, 0) is 30.7 Å². The largest absolute Gasteiger partial charge is 0.303 e. The van der Waals surface area contributed by atoms with Crippen molar-refractivity contribution in [2.24, 2.45) is 0 Å². The molecule has 0 saturated carbocycles. The van der Waals surface area contributed by atoms with Gasteiger partial charge in [0.15, 0.2) is 5.82 Å². The fourth-order valence-electron chi connectivity index (χ4n) is 2.18. The lowest BCUT2D eigenvalue weighted by atomic mass is 10.2. The monoisotopic (exact) mass is 355 g/mol. The van der Waals surface area contributed by atoms with Crippen molar-refractivity contribution in [1.29, 1.82) is 0 Å². The molecule has 0 N–H and O–H groups in total. The zero-order chi connectivity index (χ0) is 16.9. The zero-order valence-electron chi connectivity index (χ0n) is 12.9. The van der Waals surface area contributed by atoms with Crippen molar-refractivity contribution in [3.8, 4) is 11.5 Å². The number of aldehydes is 1. The van der Waals surface area contributed by atoms with Crippen LogP contribution in [-0.2, 0) is 11.2 Å². The van der Waals surface area contributed by atoms with Crippen molar-refractivity contribution in [3.05, 3.63) is 64.9 Å². The second-order valence-corrected chi connectivity index (χ2v) is 6.46. The molecule has 120 valence electrons. The molecule has 3 aromatic rings. The van der Waals surface area contributed by atoms with Gasteiger partial charge in [-0.2, -0.15) is 0 Å². The predicted octanol–water partition coefficient (Wildman–Crippen LogP) is 4.39. The molecule has 0 spiro atoms. The first-order valence-electron chi connectivity index (χ1n) is 7.34. The van der Waals surface area contributed by atoms with Crippen molar-refractivity contribution in [1.82, 2.24) is 15.0 Å². The molecule has 0 atom stereocenters. The van der Waals surface area contributed by atoms with Crippen LogP contribution in [0.15, 0.2) is 58.6 Å². The number of halogens is 1. The van der Waals surface area contributed by atoms with Gasteiger partial charge in [-0.15, -0.1) is 0 Å². The number of pyridine rings is 1. The van der Waals surface area contributed by atoms with E-state index in [1.807, 2.05) is 49.4 Å². The quantitative estimate of drug-likeness (QED) is 0.501. The van der Waals surface area contributed by atoms with E-state index in [2.05, 4.69) is 15.0 Å². The Labute approximate surface area is 149 Å². The summed E-state index contributed by atoms with van der Waals surface area (Å²) in [6.45, 7) is 1.85. The molecule has 24 heavy (non-hydrogen) atoms. The highest BCUT2D eigenvalue weighted by molar-refractivity contribution is 7.99. The summed E-state index contributed by atoms with van der Waals surface area (Å²) in [5.41, 5.74) is 2.34. The van der Waals surface area contributed by atoms with E-state index in [1.165, 1.54) is 11.8 Å². The van der Waals surface area contributed by atoms with Gasteiger partial charge in [-0.3, -0.25) is 4.98 Å². The van der Waals surface area contributed by atoms with E-state index < -0.39 is 0 Å². The molecular formula is C18H14ClN3OS. The van der Waals surface area contributed by atoms with Gasteiger partial charge < -0.3 is 4.79 Å². The van der Waals surface area contributed by atoms with Gasteiger partial charge in [0.25, 0.3) is 0 Å². The third-order valence-electron chi connectivity index (χ3n) is 3.36. The Morgan fingerprint density at radius 1 is 1.12 bits per heavy atom. The minimum absolute atomic E-state index is 0.359. The van der Waals surface area contributed by atoms with E-state index in [4.69, 9.17) is 11.6 Å². The number of hydrogen-bond donors (Lipinski definition) is 0. The molecule has 0 radical (unpaired) electrons. The van der Waals surface area contributed by atoms with Crippen LogP contribution in [0.4, 0.5) is 0 Å². The minimum atomic E-state index is 0.359. The highest BCUT2D eigenvalue weighted by Gasteiger charge is 2.14. The Morgan fingerprint density at radius 2 is 1.92 bits per heavy atom. The molecule has 2 aromatic heterocycles. The molecular weight excluding hydrogens is 342 g/mol. The number of aryl methyl sites for hydroxylation is 1. The van der Waals surface area contributed by atoms with Crippen LogP contribution in [-0.4, -0.2) is 21.2 Å². The normalized spacial score (nSPS) is 10.6. The Balaban J connectivity index is 2.02. The summed E-state index contributed by atoms with van der Waals surface area (Å²) >= 11 is 7.83. The number of carbonyl (C=O) groups is 1. The first kappa shape index (κ1) is 16.6. The number of benzene rings is 1. The van der Waals surface area contributed by atoms with E-state index in [0.29, 0.717) is 33.7 Å². The summed E-state index contributed by atoms with van der Waals surface area (Å²) in [5, 5.41) is 1.17. The van der Waals surface area contributed by atoms with Gasteiger partial charge in [0.2, 0.25) is 0 Å². The average Bonchev–Trinajstić information content (AvgIpc) is 2.61. The minimum Gasteiger partial charge on any atom is -0.303 e. The third-order valence-corrected chi connectivity index (χ3v) is 5.03. The number of carbonyl (C=O) groups excluding carboxylic acids is 1. The van der Waals surface area contributed by atoms with Gasteiger partial charge in [0.1, 0.15) is 17.0 Å². The zero-order valence-corrected chi connectivity index (χ0v) is 14.5. The van der Waals surface area contributed by atoms with Gasteiger partial charge in [0, 0.05) is 17.5 Å². The van der Waals surface area contributed by atoms with Crippen LogP contribution in [0.1, 0.15) is 11.3 Å². The standard InChI is InChI=1S/C18H14ClN3OS/c1-12-16(19)18(22-17(21-12)14-7-4-5-10-20-14)24-15-8-3-2-6-13(15)9-11-23/h2-8,10-11H,9H2,1H3. The van der Waals surface area contributed by atoms with Crippen molar-refractivity contribution in [3.63, 3.8) is 0 Å². The van der Waals surface area contributed by atoms with E-state index >= 15 is 0 Å². The van der Waals surface area contributed by atoms with E-state index in [9.17, 15) is 4.79 Å². The van der Waals surface area contributed by atoms with Gasteiger partial charge in [-0.1, -0.05) is 47.6 Å². The highest BCUT2D eigenvalue weighted by Crippen LogP contribution is 2.35. The predicted molar refractivity (Wildman–Crippen MR) is 95.3 cm³/mol. The maximum absolute atomic E-state index is 10.9. The Hall–Kier alpha value is -2.24. The summed E-state index contributed by atoms with van der Waals surface area (Å²) in [4.78, 5) is 25.1. The van der Waals surface area contributed by atoms with E-state index in [1.54, 1.807) is 6.20 Å². The fourth-order valence-corrected chi connectivity index (χ4v) is 3.38. The molecule has 2 heterocycles. The first-order valence-corrected chi connectivity index (χ1v) is 8.53. The molecule has 0 aliphatic rings. The molecule has 0 aliphatic carbocycles. The first-order chi connectivity index (χ1) is 11.7. The fraction of sp³-hybridized carbons (Fsp3) is 0.111. The number of aromatic nitrogens is 3. The highest BCUT2D eigenvalue weighted by atomic mass is 35.5. The van der Waals surface area contributed by atoms with Crippen LogP contribution in [0.5, 0.6) is 0 Å². The van der Waals surface area contributed by atoms with Crippen LogP contribution < -0.4 is 0 Å². The summed E-state index contributed by atoms with van der Waals surface area (Å²) < 4.78 is 0. The second kappa shape index (κ2) is 7.55. The van der Waals surface area contributed by atoms with Gasteiger partial charge in [-0.25, -0.2) is 9.97 Å². The van der Waals surface area contributed by atoms with Gasteiger partial charge in [0.05, 0.1) is 10.7 Å². The summed E-state index contributed by atoms with van der Waals surface area (Å²) in [6, 6.07) is 13.3. The van der Waals surface area contributed by atoms with Crippen LogP contribution in [0, 0.1) is 6.92 Å². The van der Waals surface area contributed by atoms with E-state index in [0.717, 1.165) is 16.7 Å². The van der Waals surface area contributed by atoms with Gasteiger partial charge >= 0.3 is 0 Å². The van der Waals surface area contributed by atoms with E-state index in [-0.39, 0.29) is 0 Å². The van der Waals surface area contributed by atoms with Crippen LogP contribution >= 0.6 is 23.4 Å². The lowest BCUT2D eigenvalue weighted by Gasteiger charge is -2.10. The van der Waals surface area contributed by atoms with Crippen molar-refractivity contribution in [2.75, 3.05) is 0 Å². The molecule has 6 heteroatoms. The Bertz CT molecular complexity index is 871. The molecule has 0 bridgehead atoms. The molecule has 4 nitrogen and oxygen atoms in total. The third kappa shape index (κ3) is 3.63.